The van der Waals surface area contributed by atoms with Crippen LogP contribution in [0.15, 0.2) is 60.0 Å². The molecule has 4 rings (SSSR count). The Morgan fingerprint density at radius 2 is 1.88 bits per heavy atom. The molecule has 0 aliphatic carbocycles. The van der Waals surface area contributed by atoms with Crippen molar-refractivity contribution in [3.63, 3.8) is 0 Å². The smallest absolute Gasteiger partial charge is 0.165 e. The van der Waals surface area contributed by atoms with Gasteiger partial charge in [-0.15, -0.1) is 16.4 Å². The maximum Gasteiger partial charge on any atom is 0.165 e. The maximum absolute atomic E-state index is 6.22. The van der Waals surface area contributed by atoms with E-state index in [1.165, 1.54) is 11.3 Å². The molecule has 2 aromatic carbocycles. The van der Waals surface area contributed by atoms with Crippen LogP contribution in [-0.2, 0) is 0 Å². The molecule has 0 fully saturated rings. The number of benzene rings is 2. The standard InChI is InChI=1S/C17H12ClN5S/c18-12-6-4-5-11(9-12)14-10-24-17(20-14)15-16(19)23(22-21-15)13-7-2-1-3-8-13/h1-10H,19H2. The lowest BCUT2D eigenvalue weighted by molar-refractivity contribution is 0.810. The molecule has 4 aromatic rings. The van der Waals surface area contributed by atoms with Gasteiger partial charge in [0.05, 0.1) is 11.4 Å². The lowest BCUT2D eigenvalue weighted by Crippen LogP contribution is -2.01. The Morgan fingerprint density at radius 1 is 1.04 bits per heavy atom. The Bertz CT molecular complexity index is 993. The molecule has 2 aromatic heterocycles. The van der Waals surface area contributed by atoms with Gasteiger partial charge in [0, 0.05) is 16.0 Å². The second kappa shape index (κ2) is 6.07. The third kappa shape index (κ3) is 2.66. The highest BCUT2D eigenvalue weighted by Crippen LogP contribution is 2.32. The van der Waals surface area contributed by atoms with Crippen molar-refractivity contribution in [2.45, 2.75) is 0 Å². The van der Waals surface area contributed by atoms with E-state index in [0.717, 1.165) is 22.0 Å². The minimum absolute atomic E-state index is 0.466. The van der Waals surface area contributed by atoms with E-state index >= 15 is 0 Å². The Balaban J connectivity index is 1.72. The highest BCUT2D eigenvalue weighted by Gasteiger charge is 2.16. The minimum atomic E-state index is 0.466. The van der Waals surface area contributed by atoms with Crippen LogP contribution in [0.1, 0.15) is 0 Å². The summed E-state index contributed by atoms with van der Waals surface area (Å²) in [5.41, 5.74) is 9.46. The number of para-hydroxylation sites is 1. The zero-order chi connectivity index (χ0) is 16.5. The van der Waals surface area contributed by atoms with Crippen LogP contribution in [0.4, 0.5) is 5.82 Å². The Kier molecular flexibility index (Phi) is 3.76. The molecule has 0 saturated carbocycles. The van der Waals surface area contributed by atoms with Crippen molar-refractivity contribution in [2.24, 2.45) is 0 Å². The van der Waals surface area contributed by atoms with E-state index in [0.29, 0.717) is 16.5 Å². The molecule has 7 heteroatoms. The van der Waals surface area contributed by atoms with Crippen molar-refractivity contribution >= 4 is 28.8 Å². The monoisotopic (exact) mass is 353 g/mol. The fourth-order valence-corrected chi connectivity index (χ4v) is 3.37. The van der Waals surface area contributed by atoms with Crippen LogP contribution in [-0.4, -0.2) is 20.0 Å². The summed E-state index contributed by atoms with van der Waals surface area (Å²) in [5, 5.41) is 11.7. The molecule has 0 bridgehead atoms. The molecule has 2 heterocycles. The number of nitrogens with zero attached hydrogens (tertiary/aromatic N) is 4. The average molecular weight is 354 g/mol. The molecule has 0 amide bonds. The van der Waals surface area contributed by atoms with Gasteiger partial charge < -0.3 is 5.73 Å². The molecule has 0 aliphatic rings. The summed E-state index contributed by atoms with van der Waals surface area (Å²) in [4.78, 5) is 4.62. The molecule has 0 aliphatic heterocycles. The van der Waals surface area contributed by atoms with Crippen molar-refractivity contribution in [2.75, 3.05) is 5.73 Å². The van der Waals surface area contributed by atoms with Crippen LogP contribution in [0.3, 0.4) is 0 Å². The summed E-state index contributed by atoms with van der Waals surface area (Å²) < 4.78 is 1.61. The summed E-state index contributed by atoms with van der Waals surface area (Å²) in [6.45, 7) is 0. The first-order chi connectivity index (χ1) is 11.7. The summed E-state index contributed by atoms with van der Waals surface area (Å²) in [6.07, 6.45) is 0. The first-order valence-electron chi connectivity index (χ1n) is 7.21. The Hall–Kier alpha value is -2.70. The molecule has 0 atom stereocenters. The van der Waals surface area contributed by atoms with E-state index in [1.54, 1.807) is 4.68 Å². The number of anilines is 1. The second-order valence-electron chi connectivity index (χ2n) is 5.12. The van der Waals surface area contributed by atoms with Gasteiger partial charge in [0.2, 0.25) is 0 Å². The summed E-state index contributed by atoms with van der Waals surface area (Å²) in [5.74, 6) is 0.466. The van der Waals surface area contributed by atoms with E-state index < -0.39 is 0 Å². The van der Waals surface area contributed by atoms with E-state index in [4.69, 9.17) is 17.3 Å². The number of aromatic nitrogens is 4. The maximum atomic E-state index is 6.22. The van der Waals surface area contributed by atoms with E-state index in [9.17, 15) is 0 Å². The molecule has 0 saturated heterocycles. The van der Waals surface area contributed by atoms with Crippen LogP contribution in [0.5, 0.6) is 0 Å². The van der Waals surface area contributed by atoms with Crippen molar-refractivity contribution in [1.82, 2.24) is 20.0 Å². The van der Waals surface area contributed by atoms with E-state index in [-0.39, 0.29) is 0 Å². The van der Waals surface area contributed by atoms with Gasteiger partial charge in [0.15, 0.2) is 11.5 Å². The lowest BCUT2D eigenvalue weighted by atomic mass is 10.2. The van der Waals surface area contributed by atoms with Gasteiger partial charge in [0.1, 0.15) is 5.01 Å². The van der Waals surface area contributed by atoms with E-state index in [2.05, 4.69) is 15.3 Å². The molecular weight excluding hydrogens is 342 g/mol. The SMILES string of the molecule is Nc1c(-c2nc(-c3cccc(Cl)c3)cs2)nnn1-c1ccccc1. The number of nitrogen functional groups attached to an aromatic ring is 1. The molecule has 0 spiro atoms. The van der Waals surface area contributed by atoms with Gasteiger partial charge >= 0.3 is 0 Å². The number of nitrogens with two attached hydrogens (primary N) is 1. The highest BCUT2D eigenvalue weighted by molar-refractivity contribution is 7.13. The number of hydrogen-bond acceptors (Lipinski definition) is 5. The van der Waals surface area contributed by atoms with E-state index in [1.807, 2.05) is 60.0 Å². The molecule has 24 heavy (non-hydrogen) atoms. The lowest BCUT2D eigenvalue weighted by Gasteiger charge is -2.01. The largest absolute Gasteiger partial charge is 0.382 e. The quantitative estimate of drug-likeness (QED) is 0.596. The number of thiazole rings is 1. The van der Waals surface area contributed by atoms with Gasteiger partial charge in [-0.05, 0) is 24.3 Å². The number of halogens is 1. The fourth-order valence-electron chi connectivity index (χ4n) is 2.36. The molecule has 0 radical (unpaired) electrons. The van der Waals surface area contributed by atoms with Crippen LogP contribution >= 0.6 is 22.9 Å². The third-order valence-electron chi connectivity index (χ3n) is 3.53. The van der Waals surface area contributed by atoms with Crippen LogP contribution < -0.4 is 5.73 Å². The van der Waals surface area contributed by atoms with Crippen LogP contribution in [0, 0.1) is 0 Å². The van der Waals surface area contributed by atoms with Gasteiger partial charge in [-0.2, -0.15) is 4.68 Å². The first-order valence-corrected chi connectivity index (χ1v) is 8.46. The zero-order valence-corrected chi connectivity index (χ0v) is 14.0. The molecule has 0 unspecified atom stereocenters. The van der Waals surface area contributed by atoms with Gasteiger partial charge in [-0.3, -0.25) is 0 Å². The second-order valence-corrected chi connectivity index (χ2v) is 6.41. The van der Waals surface area contributed by atoms with Crippen LogP contribution in [0.25, 0.3) is 27.6 Å². The van der Waals surface area contributed by atoms with Gasteiger partial charge in [-0.1, -0.05) is 47.1 Å². The van der Waals surface area contributed by atoms with Gasteiger partial charge in [-0.25, -0.2) is 4.98 Å². The Morgan fingerprint density at radius 3 is 2.67 bits per heavy atom. The normalized spacial score (nSPS) is 10.9. The number of hydrogen-bond donors (Lipinski definition) is 1. The summed E-state index contributed by atoms with van der Waals surface area (Å²) in [6, 6.07) is 17.2. The summed E-state index contributed by atoms with van der Waals surface area (Å²) in [7, 11) is 0. The predicted molar refractivity (Wildman–Crippen MR) is 97.3 cm³/mol. The van der Waals surface area contributed by atoms with Crippen molar-refractivity contribution in [3.05, 3.63) is 65.0 Å². The predicted octanol–water partition coefficient (Wildman–Crippen LogP) is 4.29. The molecule has 5 nitrogen and oxygen atoms in total. The first kappa shape index (κ1) is 14.9. The van der Waals surface area contributed by atoms with Crippen molar-refractivity contribution in [1.29, 1.82) is 0 Å². The van der Waals surface area contributed by atoms with Crippen molar-refractivity contribution in [3.8, 4) is 27.6 Å². The van der Waals surface area contributed by atoms with Crippen LogP contribution in [0.2, 0.25) is 5.02 Å². The van der Waals surface area contributed by atoms with Crippen molar-refractivity contribution < 1.29 is 0 Å². The molecule has 2 N–H and O–H groups in total. The molecule has 118 valence electrons. The van der Waals surface area contributed by atoms with Gasteiger partial charge in [0.25, 0.3) is 0 Å². The fraction of sp³-hybridized carbons (Fsp3) is 0. The summed E-state index contributed by atoms with van der Waals surface area (Å²) >= 11 is 7.52. The minimum Gasteiger partial charge on any atom is -0.382 e. The topological polar surface area (TPSA) is 69.6 Å². The molecular formula is C17H12ClN5S. The Labute approximate surface area is 147 Å². The highest BCUT2D eigenvalue weighted by atomic mass is 35.5. The average Bonchev–Trinajstić information content (AvgIpc) is 3.22. The number of rotatable bonds is 3. The third-order valence-corrected chi connectivity index (χ3v) is 4.62. The zero-order valence-electron chi connectivity index (χ0n) is 12.4.